The molecule has 0 aliphatic heterocycles. The highest BCUT2D eigenvalue weighted by atomic mass is 79.9. The Morgan fingerprint density at radius 3 is 1.41 bits per heavy atom. The summed E-state index contributed by atoms with van der Waals surface area (Å²) in [5.41, 5.74) is 3.31. The molecular weight excluding hydrogens is 540 g/mol. The number of pyridine rings is 2. The van der Waals surface area contributed by atoms with Gasteiger partial charge in [-0.05, 0) is 26.0 Å². The van der Waals surface area contributed by atoms with Crippen LogP contribution in [0.15, 0.2) is 73.3 Å². The monoisotopic (exact) mass is 564 g/mol. The third-order valence-corrected chi connectivity index (χ3v) is 4.49. The number of hydrogen-bond acceptors (Lipinski definition) is 4. The second-order valence-corrected chi connectivity index (χ2v) is 6.79. The van der Waals surface area contributed by atoms with E-state index in [1.807, 2.05) is 33.7 Å². The van der Waals surface area contributed by atoms with Crippen LogP contribution in [0.1, 0.15) is 45.7 Å². The molecule has 3 aromatic rings. The van der Waals surface area contributed by atoms with Crippen molar-refractivity contribution in [3.8, 4) is 0 Å². The summed E-state index contributed by atoms with van der Waals surface area (Å²) in [5, 5.41) is 0. The summed E-state index contributed by atoms with van der Waals surface area (Å²) in [6.45, 7) is 5.60. The minimum atomic E-state index is -0.315. The van der Waals surface area contributed by atoms with Crippen LogP contribution in [0.4, 0.5) is 0 Å². The number of carbonyl (C=O) groups is 2. The molecule has 0 saturated heterocycles. The molecule has 0 aliphatic rings. The Morgan fingerprint density at radius 1 is 0.688 bits per heavy atom. The number of ether oxygens (including phenoxy) is 2. The topological polar surface area (TPSA) is 60.4 Å². The normalized spacial score (nSPS) is 9.81. The predicted molar refractivity (Wildman–Crippen MR) is 110 cm³/mol. The molecular formula is C24H26Br2N2O4. The fraction of sp³-hybridized carbons (Fsp3) is 0.250. The Hall–Kier alpha value is -2.58. The summed E-state index contributed by atoms with van der Waals surface area (Å²) < 4.78 is 14.0. The van der Waals surface area contributed by atoms with Gasteiger partial charge in [-0.1, -0.05) is 24.3 Å². The van der Waals surface area contributed by atoms with Crippen LogP contribution >= 0.6 is 0 Å². The molecule has 32 heavy (non-hydrogen) atoms. The van der Waals surface area contributed by atoms with Gasteiger partial charge in [-0.15, -0.1) is 0 Å². The Labute approximate surface area is 209 Å². The lowest BCUT2D eigenvalue weighted by Crippen LogP contribution is -3.00. The molecule has 8 heteroatoms. The molecule has 0 fully saturated rings. The van der Waals surface area contributed by atoms with Gasteiger partial charge in [0.1, 0.15) is 11.1 Å². The van der Waals surface area contributed by atoms with E-state index in [4.69, 9.17) is 9.47 Å². The Kier molecular flexibility index (Phi) is 11.8. The van der Waals surface area contributed by atoms with E-state index in [1.54, 1.807) is 38.4 Å². The summed E-state index contributed by atoms with van der Waals surface area (Å²) in [6, 6.07) is 15.4. The molecule has 0 aliphatic carbocycles. The van der Waals surface area contributed by atoms with E-state index in [2.05, 4.69) is 24.3 Å². The summed E-state index contributed by atoms with van der Waals surface area (Å²) >= 11 is 0. The first kappa shape index (κ1) is 27.5. The van der Waals surface area contributed by atoms with Crippen LogP contribution in [0.5, 0.6) is 0 Å². The van der Waals surface area contributed by atoms with Crippen molar-refractivity contribution in [1.29, 1.82) is 0 Å². The summed E-state index contributed by atoms with van der Waals surface area (Å²) in [6.07, 6.45) is 7.44. The lowest BCUT2D eigenvalue weighted by molar-refractivity contribution is -0.689. The largest absolute Gasteiger partial charge is 1.00 e. The zero-order valence-electron chi connectivity index (χ0n) is 18.0. The van der Waals surface area contributed by atoms with E-state index < -0.39 is 0 Å². The summed E-state index contributed by atoms with van der Waals surface area (Å²) in [4.78, 5) is 23.8. The third-order valence-electron chi connectivity index (χ3n) is 4.49. The minimum absolute atomic E-state index is 0. The van der Waals surface area contributed by atoms with Crippen molar-refractivity contribution in [3.05, 3.63) is 95.6 Å². The van der Waals surface area contributed by atoms with Gasteiger partial charge in [0.15, 0.2) is 37.9 Å². The first-order valence-corrected chi connectivity index (χ1v) is 9.99. The predicted octanol–water partition coefficient (Wildman–Crippen LogP) is -3.28. The van der Waals surface area contributed by atoms with E-state index in [-0.39, 0.29) is 45.9 Å². The standard InChI is InChI=1S/C24H26N2O4.2BrH/c1-3-29-23(27)21-7-5-13-25(17-21)15-19-9-11-20(12-10-19)16-26-14-6-8-22(18-26)24(28)30-4-2;;/h5-14,17-18H,3-4,15-16H2,1-2H3;2*1H/q+2;;/p-2. The van der Waals surface area contributed by atoms with Crippen LogP contribution in [-0.2, 0) is 22.6 Å². The van der Waals surface area contributed by atoms with Crippen LogP contribution in [0.25, 0.3) is 0 Å². The highest BCUT2D eigenvalue weighted by molar-refractivity contribution is 5.89. The fourth-order valence-corrected chi connectivity index (χ4v) is 3.08. The molecule has 0 saturated carbocycles. The molecule has 1 aromatic carbocycles. The number of esters is 2. The van der Waals surface area contributed by atoms with Crippen molar-refractivity contribution in [3.63, 3.8) is 0 Å². The molecule has 0 spiro atoms. The third kappa shape index (κ3) is 7.84. The first-order chi connectivity index (χ1) is 14.6. The SMILES string of the molecule is CCOC(=O)c1ccc[n+](Cc2ccc(C[n+]3cccc(C(=O)OCC)c3)cc2)c1.[Br-].[Br-]. The Bertz CT molecular complexity index is 944. The molecule has 2 aromatic heterocycles. The summed E-state index contributed by atoms with van der Waals surface area (Å²) in [5.74, 6) is -0.631. The second kappa shape index (κ2) is 13.8. The van der Waals surface area contributed by atoms with E-state index >= 15 is 0 Å². The van der Waals surface area contributed by atoms with Gasteiger partial charge in [0, 0.05) is 23.3 Å². The van der Waals surface area contributed by atoms with Gasteiger partial charge in [0.05, 0.1) is 13.2 Å². The highest BCUT2D eigenvalue weighted by Gasteiger charge is 2.13. The first-order valence-electron chi connectivity index (χ1n) is 9.99. The number of benzene rings is 1. The molecule has 0 bridgehead atoms. The molecule has 0 unspecified atom stereocenters. The molecule has 0 atom stereocenters. The number of halogens is 2. The van der Waals surface area contributed by atoms with Crippen LogP contribution in [0.3, 0.4) is 0 Å². The van der Waals surface area contributed by atoms with Gasteiger partial charge in [-0.3, -0.25) is 0 Å². The van der Waals surface area contributed by atoms with Gasteiger partial charge in [0.25, 0.3) is 0 Å². The molecule has 6 nitrogen and oxygen atoms in total. The molecule has 0 N–H and O–H groups in total. The van der Waals surface area contributed by atoms with Crippen molar-refractivity contribution >= 4 is 11.9 Å². The van der Waals surface area contributed by atoms with Crippen LogP contribution < -0.4 is 43.1 Å². The van der Waals surface area contributed by atoms with Crippen molar-refractivity contribution in [1.82, 2.24) is 0 Å². The van der Waals surface area contributed by atoms with E-state index in [0.717, 1.165) is 11.1 Å². The lowest BCUT2D eigenvalue weighted by atomic mass is 10.1. The Balaban J connectivity index is 0.00000256. The molecule has 2 heterocycles. The van der Waals surface area contributed by atoms with E-state index in [9.17, 15) is 9.59 Å². The van der Waals surface area contributed by atoms with Gasteiger partial charge < -0.3 is 43.4 Å². The average Bonchev–Trinajstić information content (AvgIpc) is 2.76. The lowest BCUT2D eigenvalue weighted by Gasteiger charge is -2.04. The van der Waals surface area contributed by atoms with Gasteiger partial charge in [0.2, 0.25) is 0 Å². The van der Waals surface area contributed by atoms with Crippen molar-refractivity contribution < 1.29 is 62.2 Å². The number of rotatable bonds is 8. The molecule has 3 rings (SSSR count). The quantitative estimate of drug-likeness (QED) is 0.212. The van der Waals surface area contributed by atoms with Gasteiger partial charge in [-0.2, -0.15) is 9.13 Å². The highest BCUT2D eigenvalue weighted by Crippen LogP contribution is 2.06. The minimum Gasteiger partial charge on any atom is -1.00 e. The molecule has 0 amide bonds. The second-order valence-electron chi connectivity index (χ2n) is 6.79. The van der Waals surface area contributed by atoms with E-state index in [0.29, 0.717) is 37.4 Å². The number of carbonyl (C=O) groups excluding carboxylic acids is 2. The maximum Gasteiger partial charge on any atom is 0.344 e. The van der Waals surface area contributed by atoms with Crippen molar-refractivity contribution in [2.24, 2.45) is 0 Å². The van der Waals surface area contributed by atoms with Crippen molar-refractivity contribution in [2.45, 2.75) is 26.9 Å². The number of nitrogens with zero attached hydrogens (tertiary/aromatic N) is 2. The maximum atomic E-state index is 11.9. The van der Waals surface area contributed by atoms with Crippen LogP contribution in [0.2, 0.25) is 0 Å². The average molecular weight is 566 g/mol. The van der Waals surface area contributed by atoms with Gasteiger partial charge >= 0.3 is 11.9 Å². The Morgan fingerprint density at radius 2 is 1.06 bits per heavy atom. The van der Waals surface area contributed by atoms with Crippen LogP contribution in [0, 0.1) is 0 Å². The van der Waals surface area contributed by atoms with Gasteiger partial charge in [-0.25, -0.2) is 9.59 Å². The zero-order chi connectivity index (χ0) is 21.3. The fourth-order valence-electron chi connectivity index (χ4n) is 3.08. The van der Waals surface area contributed by atoms with Crippen LogP contribution in [-0.4, -0.2) is 25.2 Å². The zero-order valence-corrected chi connectivity index (χ0v) is 21.2. The molecule has 170 valence electrons. The van der Waals surface area contributed by atoms with E-state index in [1.165, 1.54) is 0 Å². The smallest absolute Gasteiger partial charge is 0.344 e. The van der Waals surface area contributed by atoms with Crippen molar-refractivity contribution in [2.75, 3.05) is 13.2 Å². The number of hydrogen-bond donors (Lipinski definition) is 0. The number of aromatic nitrogens is 2. The summed E-state index contributed by atoms with van der Waals surface area (Å²) in [7, 11) is 0. The maximum absolute atomic E-state index is 11.9. The molecule has 0 radical (unpaired) electrons.